The molecule has 0 amide bonds. The van der Waals surface area contributed by atoms with Crippen LogP contribution < -0.4 is 5.73 Å². The second-order valence-corrected chi connectivity index (χ2v) is 3.35. The van der Waals surface area contributed by atoms with Gasteiger partial charge in [-0.05, 0) is 37.1 Å². The number of nitrogens with two attached hydrogens (primary N) is 1. The van der Waals surface area contributed by atoms with E-state index in [4.69, 9.17) is 5.73 Å². The molecule has 3 N–H and O–H groups in total. The lowest BCUT2D eigenvalue weighted by Gasteiger charge is -1.99. The Morgan fingerprint density at radius 1 is 1.27 bits per heavy atom. The number of nitrogens with one attached hydrogen (secondary N) is 1. The zero-order valence-corrected chi connectivity index (χ0v) is 9.80. The maximum absolute atomic E-state index is 5.55. The average molecular weight is 204 g/mol. The normalized spacial score (nSPS) is 9.87. The van der Waals surface area contributed by atoms with E-state index in [1.807, 2.05) is 13.8 Å². The third-order valence-electron chi connectivity index (χ3n) is 2.41. The van der Waals surface area contributed by atoms with E-state index in [-0.39, 0.29) is 0 Å². The van der Waals surface area contributed by atoms with Gasteiger partial charge in [-0.15, -0.1) is 0 Å². The fraction of sp³-hybridized carbons (Fsp3) is 0.385. The Hall–Kier alpha value is -1.28. The Morgan fingerprint density at radius 3 is 2.67 bits per heavy atom. The monoisotopic (exact) mass is 204 g/mol. The minimum absolute atomic E-state index is 0.710. The fourth-order valence-corrected chi connectivity index (χ4v) is 1.80. The molecule has 0 aliphatic carbocycles. The van der Waals surface area contributed by atoms with Gasteiger partial charge in [-0.3, -0.25) is 0 Å². The van der Waals surface area contributed by atoms with E-state index in [1.54, 1.807) is 0 Å². The number of aryl methyl sites for hydroxylation is 1. The smallest absolute Gasteiger partial charge is 0.0459 e. The largest absolute Gasteiger partial charge is 0.361 e. The minimum atomic E-state index is 0.710. The molecule has 0 spiro atoms. The molecule has 2 nitrogen and oxygen atoms in total. The Balaban J connectivity index is 0.000000531. The molecule has 0 radical (unpaired) electrons. The molecule has 0 bridgehead atoms. The first-order valence-corrected chi connectivity index (χ1v) is 5.58. The summed E-state index contributed by atoms with van der Waals surface area (Å²) in [5, 5.41) is 1.34. The van der Waals surface area contributed by atoms with Gasteiger partial charge in [-0.1, -0.05) is 26.0 Å². The van der Waals surface area contributed by atoms with Gasteiger partial charge in [0.2, 0.25) is 0 Å². The molecule has 0 atom stereocenters. The average Bonchev–Trinajstić information content (AvgIpc) is 2.67. The van der Waals surface area contributed by atoms with Crippen LogP contribution >= 0.6 is 0 Å². The van der Waals surface area contributed by atoms with Gasteiger partial charge in [0.25, 0.3) is 0 Å². The summed E-state index contributed by atoms with van der Waals surface area (Å²) in [5.41, 5.74) is 9.41. The van der Waals surface area contributed by atoms with Crippen molar-refractivity contribution in [2.45, 2.75) is 27.2 Å². The van der Waals surface area contributed by atoms with Crippen molar-refractivity contribution in [3.8, 4) is 0 Å². The quantitative estimate of drug-likeness (QED) is 0.775. The van der Waals surface area contributed by atoms with Crippen molar-refractivity contribution >= 4 is 10.9 Å². The molecule has 1 aromatic carbocycles. The van der Waals surface area contributed by atoms with Crippen LogP contribution in [-0.2, 0) is 6.42 Å². The summed E-state index contributed by atoms with van der Waals surface area (Å²) in [7, 11) is 0. The maximum Gasteiger partial charge on any atom is 0.0459 e. The summed E-state index contributed by atoms with van der Waals surface area (Å²) < 4.78 is 0. The van der Waals surface area contributed by atoms with Crippen LogP contribution in [0.3, 0.4) is 0 Å². The maximum atomic E-state index is 5.55. The molecule has 0 saturated carbocycles. The van der Waals surface area contributed by atoms with Crippen molar-refractivity contribution in [3.05, 3.63) is 35.5 Å². The predicted molar refractivity (Wildman–Crippen MR) is 67.1 cm³/mol. The molecule has 1 aromatic heterocycles. The van der Waals surface area contributed by atoms with Gasteiger partial charge in [-0.2, -0.15) is 0 Å². The molecule has 0 aliphatic heterocycles. The van der Waals surface area contributed by atoms with Gasteiger partial charge in [0.15, 0.2) is 0 Å². The summed E-state index contributed by atoms with van der Waals surface area (Å²) in [6, 6.07) is 6.30. The van der Waals surface area contributed by atoms with Crippen molar-refractivity contribution in [3.63, 3.8) is 0 Å². The van der Waals surface area contributed by atoms with E-state index >= 15 is 0 Å². The number of hydrogen-bond acceptors (Lipinski definition) is 1. The van der Waals surface area contributed by atoms with Crippen molar-refractivity contribution in [1.29, 1.82) is 0 Å². The number of aromatic amines is 1. The highest BCUT2D eigenvalue weighted by molar-refractivity contribution is 5.86. The van der Waals surface area contributed by atoms with E-state index in [1.165, 1.54) is 22.0 Å². The van der Waals surface area contributed by atoms with Gasteiger partial charge in [-0.25, -0.2) is 0 Å². The molecule has 0 unspecified atom stereocenters. The van der Waals surface area contributed by atoms with Crippen molar-refractivity contribution in [2.24, 2.45) is 5.73 Å². The van der Waals surface area contributed by atoms with Crippen LogP contribution in [-0.4, -0.2) is 11.5 Å². The SMILES string of the molecule is CC.Cc1cccc2[nH]cc(CCN)c12. The number of hydrogen-bond donors (Lipinski definition) is 2. The number of fused-ring (bicyclic) bond motifs is 1. The molecular weight excluding hydrogens is 184 g/mol. The highest BCUT2D eigenvalue weighted by Crippen LogP contribution is 2.21. The van der Waals surface area contributed by atoms with Gasteiger partial charge in [0.05, 0.1) is 0 Å². The Bertz CT molecular complexity index is 415. The van der Waals surface area contributed by atoms with Crippen LogP contribution in [0, 0.1) is 6.92 Å². The predicted octanol–water partition coefficient (Wildman–Crippen LogP) is 3.00. The zero-order chi connectivity index (χ0) is 11.3. The summed E-state index contributed by atoms with van der Waals surface area (Å²) in [5.74, 6) is 0. The molecule has 0 fully saturated rings. The molecule has 0 saturated heterocycles. The van der Waals surface area contributed by atoms with Crippen LogP contribution in [0.25, 0.3) is 10.9 Å². The Labute approximate surface area is 91.5 Å². The van der Waals surface area contributed by atoms with E-state index in [0.29, 0.717) is 6.54 Å². The first kappa shape index (κ1) is 11.8. The fourth-order valence-electron chi connectivity index (χ4n) is 1.80. The van der Waals surface area contributed by atoms with Crippen LogP contribution in [0.1, 0.15) is 25.0 Å². The Kier molecular flexibility index (Phi) is 4.37. The standard InChI is InChI=1S/C11H14N2.C2H6/c1-8-3-2-4-10-11(8)9(5-6-12)7-13-10;1-2/h2-4,7,13H,5-6,12H2,1H3;1-2H3. The van der Waals surface area contributed by atoms with E-state index in [2.05, 4.69) is 36.3 Å². The van der Waals surface area contributed by atoms with Gasteiger partial charge in [0, 0.05) is 17.1 Å². The summed E-state index contributed by atoms with van der Waals surface area (Å²) in [6.45, 7) is 6.84. The lowest BCUT2D eigenvalue weighted by Crippen LogP contribution is -2.02. The Morgan fingerprint density at radius 2 is 2.00 bits per heavy atom. The topological polar surface area (TPSA) is 41.8 Å². The second kappa shape index (κ2) is 5.56. The third-order valence-corrected chi connectivity index (χ3v) is 2.41. The van der Waals surface area contributed by atoms with Crippen LogP contribution in [0.15, 0.2) is 24.4 Å². The summed E-state index contributed by atoms with van der Waals surface area (Å²) >= 11 is 0. The molecule has 2 heteroatoms. The van der Waals surface area contributed by atoms with Crippen LogP contribution in [0.2, 0.25) is 0 Å². The second-order valence-electron chi connectivity index (χ2n) is 3.35. The lowest BCUT2D eigenvalue weighted by molar-refractivity contribution is 0.976. The molecule has 2 aromatic rings. The van der Waals surface area contributed by atoms with Crippen molar-refractivity contribution in [1.82, 2.24) is 4.98 Å². The first-order chi connectivity index (χ1) is 7.33. The summed E-state index contributed by atoms with van der Waals surface area (Å²) in [6.07, 6.45) is 3.01. The molecule has 15 heavy (non-hydrogen) atoms. The molecule has 2 rings (SSSR count). The molecule has 0 aliphatic rings. The highest BCUT2D eigenvalue weighted by atomic mass is 14.7. The highest BCUT2D eigenvalue weighted by Gasteiger charge is 2.03. The van der Waals surface area contributed by atoms with Crippen LogP contribution in [0.5, 0.6) is 0 Å². The molecule has 1 heterocycles. The zero-order valence-electron chi connectivity index (χ0n) is 9.80. The van der Waals surface area contributed by atoms with Gasteiger partial charge in [0.1, 0.15) is 0 Å². The minimum Gasteiger partial charge on any atom is -0.361 e. The number of aromatic nitrogens is 1. The lowest BCUT2D eigenvalue weighted by atomic mass is 10.1. The van der Waals surface area contributed by atoms with Crippen molar-refractivity contribution < 1.29 is 0 Å². The van der Waals surface area contributed by atoms with Gasteiger partial charge < -0.3 is 10.7 Å². The number of benzene rings is 1. The number of H-pyrrole nitrogens is 1. The van der Waals surface area contributed by atoms with Crippen molar-refractivity contribution in [2.75, 3.05) is 6.54 Å². The van der Waals surface area contributed by atoms with Crippen LogP contribution in [0.4, 0.5) is 0 Å². The third kappa shape index (κ3) is 2.39. The van der Waals surface area contributed by atoms with E-state index in [9.17, 15) is 0 Å². The van der Waals surface area contributed by atoms with E-state index < -0.39 is 0 Å². The molecule has 82 valence electrons. The van der Waals surface area contributed by atoms with E-state index in [0.717, 1.165) is 6.42 Å². The summed E-state index contributed by atoms with van der Waals surface area (Å²) in [4.78, 5) is 3.26. The first-order valence-electron chi connectivity index (χ1n) is 5.58. The van der Waals surface area contributed by atoms with Gasteiger partial charge >= 0.3 is 0 Å². The number of rotatable bonds is 2. The molecular formula is C13H20N2.